The lowest BCUT2D eigenvalue weighted by atomic mass is 10.0. The van der Waals surface area contributed by atoms with E-state index < -0.39 is 28.5 Å². The monoisotopic (exact) mass is 603 g/mol. The van der Waals surface area contributed by atoms with E-state index >= 15 is 0 Å². The fraction of sp³-hybridized carbons (Fsp3) is 0.333. The topological polar surface area (TPSA) is 86.8 Å². The molecule has 0 bridgehead atoms. The van der Waals surface area contributed by atoms with E-state index in [-0.39, 0.29) is 24.9 Å². The summed E-state index contributed by atoms with van der Waals surface area (Å²) in [6.45, 7) is 5.16. The van der Waals surface area contributed by atoms with Gasteiger partial charge in [-0.15, -0.1) is 0 Å². The molecular weight excluding hydrogens is 569 g/mol. The van der Waals surface area contributed by atoms with Gasteiger partial charge in [-0.1, -0.05) is 78.7 Å². The van der Waals surface area contributed by atoms with Crippen LogP contribution in [0.5, 0.6) is 0 Å². The van der Waals surface area contributed by atoms with Gasteiger partial charge in [0.05, 0.1) is 11.9 Å². The minimum Gasteiger partial charge on any atom is -0.352 e. The van der Waals surface area contributed by atoms with Crippen LogP contribution < -0.4 is 9.62 Å². The second-order valence-electron chi connectivity index (χ2n) is 9.92. The van der Waals surface area contributed by atoms with Gasteiger partial charge in [-0.05, 0) is 61.2 Å². The molecule has 0 aliphatic carbocycles. The van der Waals surface area contributed by atoms with Gasteiger partial charge in [-0.2, -0.15) is 0 Å². The zero-order chi connectivity index (χ0) is 29.4. The number of nitrogens with zero attached hydrogens (tertiary/aromatic N) is 2. The number of hydrogen-bond acceptors (Lipinski definition) is 4. The van der Waals surface area contributed by atoms with E-state index in [4.69, 9.17) is 23.2 Å². The Hall–Kier alpha value is -3.07. The van der Waals surface area contributed by atoms with Crippen molar-refractivity contribution in [2.75, 3.05) is 17.1 Å². The van der Waals surface area contributed by atoms with Crippen LogP contribution in [0.2, 0.25) is 10.0 Å². The molecular formula is C30H35Cl2N3O4S. The summed E-state index contributed by atoms with van der Waals surface area (Å²) in [6.07, 6.45) is 2.07. The maximum atomic E-state index is 14.1. The Bertz CT molecular complexity index is 1410. The molecule has 3 aromatic rings. The Balaban J connectivity index is 2.07. The average Bonchev–Trinajstić information content (AvgIpc) is 2.90. The van der Waals surface area contributed by atoms with Crippen LogP contribution in [0.15, 0.2) is 72.8 Å². The van der Waals surface area contributed by atoms with Crippen molar-refractivity contribution in [2.24, 2.45) is 0 Å². The predicted octanol–water partition coefficient (Wildman–Crippen LogP) is 5.49. The Labute approximate surface area is 247 Å². The lowest BCUT2D eigenvalue weighted by Gasteiger charge is -2.34. The first-order valence-corrected chi connectivity index (χ1v) is 15.6. The van der Waals surface area contributed by atoms with Crippen LogP contribution in [0.1, 0.15) is 37.5 Å². The minimum absolute atomic E-state index is 0.0236. The molecule has 0 radical (unpaired) electrons. The highest BCUT2D eigenvalue weighted by Gasteiger charge is 2.33. The van der Waals surface area contributed by atoms with Crippen molar-refractivity contribution < 1.29 is 18.0 Å². The number of rotatable bonds is 12. The van der Waals surface area contributed by atoms with Crippen LogP contribution in [-0.2, 0) is 39.0 Å². The smallest absolute Gasteiger partial charge is 0.244 e. The summed E-state index contributed by atoms with van der Waals surface area (Å²) in [6, 6.07) is 20.2. The molecule has 0 heterocycles. The number of amides is 2. The van der Waals surface area contributed by atoms with E-state index in [9.17, 15) is 18.0 Å². The second kappa shape index (κ2) is 14.0. The third-order valence-electron chi connectivity index (χ3n) is 6.37. The van der Waals surface area contributed by atoms with Crippen molar-refractivity contribution in [2.45, 2.75) is 52.2 Å². The molecule has 10 heteroatoms. The SMILES string of the molecule is CCc1ccc(N(CC(=O)N(Cc2ccc(Cl)cc2Cl)C(Cc2ccccc2)C(=O)NC(C)C)S(C)(=O)=O)cc1. The molecule has 0 spiro atoms. The van der Waals surface area contributed by atoms with E-state index in [0.717, 1.165) is 28.1 Å². The van der Waals surface area contributed by atoms with Gasteiger partial charge in [-0.25, -0.2) is 8.42 Å². The van der Waals surface area contributed by atoms with Gasteiger partial charge in [0.2, 0.25) is 21.8 Å². The van der Waals surface area contributed by atoms with E-state index in [1.807, 2.05) is 63.2 Å². The highest BCUT2D eigenvalue weighted by Crippen LogP contribution is 2.25. The van der Waals surface area contributed by atoms with Crippen molar-refractivity contribution in [3.63, 3.8) is 0 Å². The molecule has 1 unspecified atom stereocenters. The van der Waals surface area contributed by atoms with Crippen LogP contribution in [0.4, 0.5) is 5.69 Å². The van der Waals surface area contributed by atoms with Gasteiger partial charge in [0.25, 0.3) is 0 Å². The van der Waals surface area contributed by atoms with Crippen molar-refractivity contribution >= 4 is 50.7 Å². The zero-order valence-corrected chi connectivity index (χ0v) is 25.4. The largest absolute Gasteiger partial charge is 0.352 e. The third-order valence-corrected chi connectivity index (χ3v) is 8.10. The van der Waals surface area contributed by atoms with Crippen LogP contribution in [-0.4, -0.2) is 50.0 Å². The van der Waals surface area contributed by atoms with E-state index in [1.54, 1.807) is 30.3 Å². The fourth-order valence-electron chi connectivity index (χ4n) is 4.28. The predicted molar refractivity (Wildman–Crippen MR) is 162 cm³/mol. The van der Waals surface area contributed by atoms with E-state index in [1.165, 1.54) is 4.90 Å². The first kappa shape index (κ1) is 31.5. The highest BCUT2D eigenvalue weighted by molar-refractivity contribution is 7.92. The van der Waals surface area contributed by atoms with Gasteiger partial charge >= 0.3 is 0 Å². The molecule has 0 aliphatic rings. The second-order valence-corrected chi connectivity index (χ2v) is 12.7. The number of halogens is 2. The van der Waals surface area contributed by atoms with Gasteiger partial charge in [0.1, 0.15) is 12.6 Å². The first-order valence-electron chi connectivity index (χ1n) is 13.0. The third kappa shape index (κ3) is 8.71. The molecule has 0 aromatic heterocycles. The van der Waals surface area contributed by atoms with Crippen molar-refractivity contribution in [3.05, 3.63) is 99.5 Å². The van der Waals surface area contributed by atoms with Gasteiger partial charge < -0.3 is 10.2 Å². The number of anilines is 1. The molecule has 3 aromatic carbocycles. The average molecular weight is 605 g/mol. The molecule has 2 amide bonds. The number of benzene rings is 3. The number of sulfonamides is 1. The standard InChI is InChI=1S/C30H35Cl2N3O4S/c1-5-22-11-15-26(16-12-22)35(40(4,38)39)20-29(36)34(19-24-13-14-25(31)18-27(24)32)28(30(37)33-21(2)3)17-23-9-7-6-8-10-23/h6-16,18,21,28H,5,17,19-20H2,1-4H3,(H,33,37). The lowest BCUT2D eigenvalue weighted by molar-refractivity contribution is -0.140. The molecule has 40 heavy (non-hydrogen) atoms. The van der Waals surface area contributed by atoms with Crippen LogP contribution in [0, 0.1) is 0 Å². The fourth-order valence-corrected chi connectivity index (χ4v) is 5.60. The Kier molecular flexibility index (Phi) is 11.0. The Morgan fingerprint density at radius 1 is 0.925 bits per heavy atom. The van der Waals surface area contributed by atoms with Gasteiger partial charge in [-0.3, -0.25) is 13.9 Å². The molecule has 0 saturated carbocycles. The number of carbonyl (C=O) groups is 2. The first-order chi connectivity index (χ1) is 18.9. The lowest BCUT2D eigenvalue weighted by Crippen LogP contribution is -2.54. The van der Waals surface area contributed by atoms with Crippen molar-refractivity contribution in [3.8, 4) is 0 Å². The van der Waals surface area contributed by atoms with Crippen molar-refractivity contribution in [1.82, 2.24) is 10.2 Å². The van der Waals surface area contributed by atoms with Gasteiger partial charge in [0.15, 0.2) is 0 Å². The summed E-state index contributed by atoms with van der Waals surface area (Å²) in [4.78, 5) is 29.0. The molecule has 0 fully saturated rings. The molecule has 0 aliphatic heterocycles. The molecule has 1 N–H and O–H groups in total. The molecule has 214 valence electrons. The zero-order valence-electron chi connectivity index (χ0n) is 23.1. The molecule has 7 nitrogen and oxygen atoms in total. The number of aryl methyl sites for hydroxylation is 1. The van der Waals surface area contributed by atoms with Crippen LogP contribution in [0.25, 0.3) is 0 Å². The Morgan fingerprint density at radius 3 is 2.12 bits per heavy atom. The number of carbonyl (C=O) groups excluding carboxylic acids is 2. The van der Waals surface area contributed by atoms with Crippen LogP contribution >= 0.6 is 23.2 Å². The summed E-state index contributed by atoms with van der Waals surface area (Å²) < 4.78 is 26.8. The highest BCUT2D eigenvalue weighted by atomic mass is 35.5. The molecule has 3 rings (SSSR count). The van der Waals surface area contributed by atoms with Gasteiger partial charge in [0, 0.05) is 29.1 Å². The normalized spacial score (nSPS) is 12.2. The summed E-state index contributed by atoms with van der Waals surface area (Å²) in [5.74, 6) is -0.897. The van der Waals surface area contributed by atoms with Crippen LogP contribution in [0.3, 0.4) is 0 Å². The number of hydrogen-bond donors (Lipinski definition) is 1. The summed E-state index contributed by atoms with van der Waals surface area (Å²) >= 11 is 12.6. The molecule has 1 atom stereocenters. The summed E-state index contributed by atoms with van der Waals surface area (Å²) in [5, 5.41) is 3.69. The quantitative estimate of drug-likeness (QED) is 0.297. The maximum absolute atomic E-state index is 14.1. The summed E-state index contributed by atoms with van der Waals surface area (Å²) in [7, 11) is -3.83. The Morgan fingerprint density at radius 2 is 1.57 bits per heavy atom. The van der Waals surface area contributed by atoms with E-state index in [0.29, 0.717) is 21.3 Å². The summed E-state index contributed by atoms with van der Waals surface area (Å²) in [5.41, 5.74) is 2.83. The minimum atomic E-state index is -3.83. The maximum Gasteiger partial charge on any atom is 0.244 e. The van der Waals surface area contributed by atoms with Crippen molar-refractivity contribution in [1.29, 1.82) is 0 Å². The van der Waals surface area contributed by atoms with E-state index in [2.05, 4.69) is 5.32 Å². The number of nitrogens with one attached hydrogen (secondary N) is 1. The molecule has 0 saturated heterocycles.